The highest BCUT2D eigenvalue weighted by Gasteiger charge is 2.29. The van der Waals surface area contributed by atoms with Gasteiger partial charge in [0.15, 0.2) is 5.69 Å². The lowest BCUT2D eigenvalue weighted by Gasteiger charge is -2.31. The summed E-state index contributed by atoms with van der Waals surface area (Å²) in [5.41, 5.74) is 0.337. The van der Waals surface area contributed by atoms with E-state index in [2.05, 4.69) is 11.9 Å². The van der Waals surface area contributed by atoms with Gasteiger partial charge in [0.1, 0.15) is 5.01 Å². The first kappa shape index (κ1) is 15.9. The molecule has 1 aromatic heterocycles. The number of carbonyl (C=O) groups excluding carboxylic acids is 2. The number of hydrogen-bond acceptors (Lipinski definition) is 5. The zero-order chi connectivity index (χ0) is 15.2. The molecule has 0 radical (unpaired) electrons. The highest BCUT2D eigenvalue weighted by molar-refractivity contribution is 7.09. The summed E-state index contributed by atoms with van der Waals surface area (Å²) in [6.45, 7) is 5.41. The Balaban J connectivity index is 1.99. The van der Waals surface area contributed by atoms with Crippen molar-refractivity contribution in [2.75, 3.05) is 13.2 Å². The molecular weight excluding hydrogens is 288 g/mol. The second-order valence-electron chi connectivity index (χ2n) is 5.23. The molecule has 116 valence electrons. The van der Waals surface area contributed by atoms with Crippen molar-refractivity contribution in [3.8, 4) is 0 Å². The van der Waals surface area contributed by atoms with E-state index in [1.807, 2.05) is 4.90 Å². The summed E-state index contributed by atoms with van der Waals surface area (Å²) in [6.07, 6.45) is 4.09. The van der Waals surface area contributed by atoms with Crippen molar-refractivity contribution >= 4 is 23.2 Å². The Hall–Kier alpha value is -1.43. The molecule has 0 aromatic carbocycles. The van der Waals surface area contributed by atoms with Crippen LogP contribution in [-0.4, -0.2) is 34.9 Å². The van der Waals surface area contributed by atoms with Crippen LogP contribution in [0.15, 0.2) is 5.38 Å². The van der Waals surface area contributed by atoms with E-state index >= 15 is 0 Å². The molecule has 2 rings (SSSR count). The minimum absolute atomic E-state index is 0.195. The van der Waals surface area contributed by atoms with Gasteiger partial charge >= 0.3 is 5.97 Å². The SMILES string of the molecule is CCCN(Cc1nc(C(=O)OCC)cs1)C(=O)C1CCC1. The molecule has 1 fully saturated rings. The van der Waals surface area contributed by atoms with E-state index in [-0.39, 0.29) is 11.8 Å². The molecule has 0 spiro atoms. The predicted molar refractivity (Wildman–Crippen MR) is 81.1 cm³/mol. The van der Waals surface area contributed by atoms with Crippen LogP contribution in [0.4, 0.5) is 0 Å². The molecule has 0 bridgehead atoms. The molecule has 1 aliphatic carbocycles. The van der Waals surface area contributed by atoms with Gasteiger partial charge in [-0.15, -0.1) is 11.3 Å². The molecular formula is C15H22N2O3S. The van der Waals surface area contributed by atoms with Crippen molar-refractivity contribution in [3.05, 3.63) is 16.1 Å². The van der Waals surface area contributed by atoms with Crippen molar-refractivity contribution in [2.24, 2.45) is 5.92 Å². The van der Waals surface area contributed by atoms with E-state index in [0.29, 0.717) is 18.8 Å². The third kappa shape index (κ3) is 4.03. The Bertz CT molecular complexity index is 497. The van der Waals surface area contributed by atoms with Gasteiger partial charge in [-0.1, -0.05) is 13.3 Å². The van der Waals surface area contributed by atoms with Crippen LogP contribution in [0, 0.1) is 5.92 Å². The summed E-state index contributed by atoms with van der Waals surface area (Å²) in [5.74, 6) is 0.0318. The van der Waals surface area contributed by atoms with E-state index in [9.17, 15) is 9.59 Å². The molecule has 0 atom stereocenters. The summed E-state index contributed by atoms with van der Waals surface area (Å²) in [7, 11) is 0. The Morgan fingerprint density at radius 2 is 2.19 bits per heavy atom. The van der Waals surface area contributed by atoms with Crippen molar-refractivity contribution < 1.29 is 14.3 Å². The van der Waals surface area contributed by atoms with Crippen molar-refractivity contribution in [1.29, 1.82) is 0 Å². The van der Waals surface area contributed by atoms with Gasteiger partial charge in [0.25, 0.3) is 0 Å². The molecule has 5 nitrogen and oxygen atoms in total. The van der Waals surface area contributed by atoms with Crippen LogP contribution in [0.2, 0.25) is 0 Å². The summed E-state index contributed by atoms with van der Waals surface area (Å²) in [6, 6.07) is 0. The molecule has 1 aromatic rings. The molecule has 1 saturated carbocycles. The van der Waals surface area contributed by atoms with E-state index in [1.54, 1.807) is 12.3 Å². The Labute approximate surface area is 129 Å². The minimum Gasteiger partial charge on any atom is -0.461 e. The van der Waals surface area contributed by atoms with Gasteiger partial charge in [-0.2, -0.15) is 0 Å². The highest BCUT2D eigenvalue weighted by Crippen LogP contribution is 2.29. The maximum absolute atomic E-state index is 12.4. The summed E-state index contributed by atoms with van der Waals surface area (Å²) in [5, 5.41) is 2.49. The van der Waals surface area contributed by atoms with Crippen LogP contribution >= 0.6 is 11.3 Å². The quantitative estimate of drug-likeness (QED) is 0.727. The fraction of sp³-hybridized carbons (Fsp3) is 0.667. The fourth-order valence-electron chi connectivity index (χ4n) is 2.30. The minimum atomic E-state index is -0.396. The number of carbonyl (C=O) groups is 2. The van der Waals surface area contributed by atoms with Gasteiger partial charge in [0.2, 0.25) is 5.91 Å². The molecule has 1 heterocycles. The standard InChI is InChI=1S/C15H22N2O3S/c1-3-8-17(14(18)11-6-5-7-11)9-13-16-12(10-21-13)15(19)20-4-2/h10-11H,3-9H2,1-2H3. The summed E-state index contributed by atoms with van der Waals surface area (Å²) in [4.78, 5) is 30.1. The zero-order valence-corrected chi connectivity index (χ0v) is 13.4. The fourth-order valence-corrected chi connectivity index (χ4v) is 3.07. The summed E-state index contributed by atoms with van der Waals surface area (Å²) >= 11 is 1.41. The number of amides is 1. The molecule has 0 N–H and O–H groups in total. The largest absolute Gasteiger partial charge is 0.461 e. The van der Waals surface area contributed by atoms with Gasteiger partial charge in [-0.05, 0) is 26.2 Å². The average Bonchev–Trinajstić information content (AvgIpc) is 2.85. The smallest absolute Gasteiger partial charge is 0.357 e. The highest BCUT2D eigenvalue weighted by atomic mass is 32.1. The Kier molecular flexibility index (Phi) is 5.73. The topological polar surface area (TPSA) is 59.5 Å². The normalized spacial score (nSPS) is 14.6. The van der Waals surface area contributed by atoms with Crippen molar-refractivity contribution in [1.82, 2.24) is 9.88 Å². The number of hydrogen-bond donors (Lipinski definition) is 0. The van der Waals surface area contributed by atoms with Crippen LogP contribution in [0.25, 0.3) is 0 Å². The van der Waals surface area contributed by atoms with Crippen LogP contribution in [0.3, 0.4) is 0 Å². The van der Waals surface area contributed by atoms with Crippen molar-refractivity contribution in [3.63, 3.8) is 0 Å². The molecule has 6 heteroatoms. The van der Waals surface area contributed by atoms with Crippen LogP contribution in [-0.2, 0) is 16.1 Å². The molecule has 0 saturated heterocycles. The zero-order valence-electron chi connectivity index (χ0n) is 12.6. The van der Waals surface area contributed by atoms with Crippen molar-refractivity contribution in [2.45, 2.75) is 46.1 Å². The van der Waals surface area contributed by atoms with Crippen LogP contribution in [0.5, 0.6) is 0 Å². The molecule has 0 aliphatic heterocycles. The maximum Gasteiger partial charge on any atom is 0.357 e. The first-order valence-corrected chi connectivity index (χ1v) is 8.44. The van der Waals surface area contributed by atoms with Gasteiger partial charge in [0.05, 0.1) is 13.2 Å². The van der Waals surface area contributed by atoms with Crippen LogP contribution in [0.1, 0.15) is 55.0 Å². The van der Waals surface area contributed by atoms with Crippen LogP contribution < -0.4 is 0 Å². The van der Waals surface area contributed by atoms with E-state index < -0.39 is 5.97 Å². The second kappa shape index (κ2) is 7.54. The van der Waals surface area contributed by atoms with Gasteiger partial charge in [-0.3, -0.25) is 4.79 Å². The Morgan fingerprint density at radius 1 is 1.43 bits per heavy atom. The number of nitrogens with zero attached hydrogens (tertiary/aromatic N) is 2. The van der Waals surface area contributed by atoms with E-state index in [0.717, 1.165) is 37.2 Å². The lowest BCUT2D eigenvalue weighted by atomic mass is 9.84. The maximum atomic E-state index is 12.4. The van der Waals surface area contributed by atoms with Gasteiger partial charge in [0, 0.05) is 17.8 Å². The number of esters is 1. The number of ether oxygens (including phenoxy) is 1. The lowest BCUT2D eigenvalue weighted by molar-refractivity contribution is -0.138. The first-order chi connectivity index (χ1) is 10.2. The second-order valence-corrected chi connectivity index (χ2v) is 6.18. The number of rotatable bonds is 7. The Morgan fingerprint density at radius 3 is 2.76 bits per heavy atom. The molecule has 0 unspecified atom stereocenters. The van der Waals surface area contributed by atoms with Gasteiger partial charge < -0.3 is 9.64 Å². The lowest BCUT2D eigenvalue weighted by Crippen LogP contribution is -2.38. The third-order valence-corrected chi connectivity index (χ3v) is 4.46. The van der Waals surface area contributed by atoms with E-state index in [1.165, 1.54) is 11.3 Å². The average molecular weight is 310 g/mol. The first-order valence-electron chi connectivity index (χ1n) is 7.56. The third-order valence-electron chi connectivity index (χ3n) is 3.62. The monoisotopic (exact) mass is 310 g/mol. The summed E-state index contributed by atoms with van der Waals surface area (Å²) < 4.78 is 4.93. The van der Waals surface area contributed by atoms with Gasteiger partial charge in [-0.25, -0.2) is 9.78 Å². The molecule has 21 heavy (non-hydrogen) atoms. The number of thiazole rings is 1. The molecule has 1 aliphatic rings. The number of aromatic nitrogens is 1. The molecule has 1 amide bonds. The predicted octanol–water partition coefficient (Wildman–Crippen LogP) is 2.86. The van der Waals surface area contributed by atoms with E-state index in [4.69, 9.17) is 4.74 Å².